The molecule has 3 heterocycles. The van der Waals surface area contributed by atoms with Gasteiger partial charge in [0.1, 0.15) is 12.1 Å². The third-order valence-corrected chi connectivity index (χ3v) is 10.5. The number of hydrogen-bond donors (Lipinski definition) is 3. The molecule has 3 aliphatic rings. The van der Waals surface area contributed by atoms with E-state index in [0.717, 1.165) is 34.0 Å². The van der Waals surface area contributed by atoms with Gasteiger partial charge in [-0.1, -0.05) is 74.5 Å². The smallest absolute Gasteiger partial charge is 0.480 e. The summed E-state index contributed by atoms with van der Waals surface area (Å²) in [7, 11) is 0. The molecule has 2 amide bonds. The van der Waals surface area contributed by atoms with Crippen molar-refractivity contribution >= 4 is 40.6 Å². The van der Waals surface area contributed by atoms with Crippen molar-refractivity contribution in [1.82, 2.24) is 15.1 Å². The lowest BCUT2D eigenvalue weighted by atomic mass is 9.87. The van der Waals surface area contributed by atoms with E-state index in [1.165, 1.54) is 4.90 Å². The third-order valence-electron chi connectivity index (χ3n) is 9.19. The fourth-order valence-electron chi connectivity index (χ4n) is 6.37. The maximum Gasteiger partial charge on any atom is 0.490 e. The van der Waals surface area contributed by atoms with E-state index in [1.54, 1.807) is 0 Å². The molecule has 5 atom stereocenters. The highest BCUT2D eigenvalue weighted by molar-refractivity contribution is 8.14. The number of ether oxygens (including phenoxy) is 1. The van der Waals surface area contributed by atoms with Gasteiger partial charge in [-0.3, -0.25) is 19.3 Å². The Morgan fingerprint density at radius 3 is 2.28 bits per heavy atom. The molecular formula is C35H42F3N3O8S. The number of carbonyl (C=O) groups excluding carboxylic acids is 3. The second kappa shape index (κ2) is 17.3. The first-order valence-electron chi connectivity index (χ1n) is 16.5. The monoisotopic (exact) mass is 721 g/mol. The van der Waals surface area contributed by atoms with Gasteiger partial charge in [0.2, 0.25) is 16.9 Å². The number of carboxylic acids is 2. The molecule has 50 heavy (non-hydrogen) atoms. The quantitative estimate of drug-likeness (QED) is 0.337. The number of alkyl halides is 3. The number of carboxylic acid groups (broad SMARTS) is 2. The maximum absolute atomic E-state index is 14.2. The number of halogens is 3. The lowest BCUT2D eigenvalue weighted by Gasteiger charge is -2.41. The molecule has 3 N–H and O–H groups in total. The van der Waals surface area contributed by atoms with Crippen molar-refractivity contribution in [3.8, 4) is 11.1 Å². The zero-order valence-electron chi connectivity index (χ0n) is 27.9. The predicted molar refractivity (Wildman–Crippen MR) is 179 cm³/mol. The molecule has 2 aromatic rings. The van der Waals surface area contributed by atoms with E-state index in [1.807, 2.05) is 61.2 Å². The molecule has 2 aromatic carbocycles. The van der Waals surface area contributed by atoms with Crippen LogP contribution in [0.2, 0.25) is 0 Å². The zero-order valence-corrected chi connectivity index (χ0v) is 28.7. The Bertz CT molecular complexity index is 1540. The molecule has 0 aromatic heterocycles. The molecule has 0 radical (unpaired) electrons. The Kier molecular flexibility index (Phi) is 13.5. The van der Waals surface area contributed by atoms with E-state index in [2.05, 4.69) is 11.4 Å². The van der Waals surface area contributed by atoms with Crippen LogP contribution in [0.5, 0.6) is 0 Å². The summed E-state index contributed by atoms with van der Waals surface area (Å²) >= 11 is 1.04. The van der Waals surface area contributed by atoms with E-state index in [0.29, 0.717) is 52.0 Å². The Labute approximate surface area is 292 Å². The van der Waals surface area contributed by atoms with Crippen molar-refractivity contribution < 1.29 is 52.1 Å². The topological polar surface area (TPSA) is 154 Å². The number of nitrogens with one attached hydrogen (secondary N) is 1. The zero-order chi connectivity index (χ0) is 36.6. The molecule has 0 unspecified atom stereocenters. The van der Waals surface area contributed by atoms with Crippen LogP contribution in [0.1, 0.15) is 56.7 Å². The third kappa shape index (κ3) is 9.85. The highest BCUT2D eigenvalue weighted by atomic mass is 32.2. The Morgan fingerprint density at radius 1 is 1.02 bits per heavy atom. The summed E-state index contributed by atoms with van der Waals surface area (Å²) in [6, 6.07) is 13.8. The molecular weight excluding hydrogens is 679 g/mol. The molecule has 0 aliphatic carbocycles. The van der Waals surface area contributed by atoms with Crippen LogP contribution in [0, 0.1) is 5.92 Å². The number of benzene rings is 2. The van der Waals surface area contributed by atoms with Gasteiger partial charge in [0.05, 0.1) is 31.1 Å². The number of hydrogen-bond acceptors (Lipinski definition) is 8. The molecule has 0 bridgehead atoms. The van der Waals surface area contributed by atoms with Crippen molar-refractivity contribution in [3.05, 3.63) is 59.7 Å². The van der Waals surface area contributed by atoms with Crippen LogP contribution in [-0.2, 0) is 35.1 Å². The van der Waals surface area contributed by atoms with Crippen LogP contribution < -0.4 is 5.32 Å². The molecule has 0 saturated carbocycles. The number of rotatable bonds is 9. The number of aliphatic carboxylic acids is 2. The fourth-order valence-corrected chi connectivity index (χ4v) is 7.51. The Balaban J connectivity index is 0.000000727. The molecule has 2 fully saturated rings. The Morgan fingerprint density at radius 2 is 1.68 bits per heavy atom. The number of piperidine rings is 1. The molecule has 2 saturated heterocycles. The first-order chi connectivity index (χ1) is 23.7. The van der Waals surface area contributed by atoms with Gasteiger partial charge >= 0.3 is 18.1 Å². The number of thioether (sulfide) groups is 1. The summed E-state index contributed by atoms with van der Waals surface area (Å²) in [6.45, 7) is 6.68. The first-order valence-corrected chi connectivity index (χ1v) is 17.4. The number of fused-ring (bicyclic) bond motifs is 3. The van der Waals surface area contributed by atoms with E-state index < -0.39 is 41.5 Å². The van der Waals surface area contributed by atoms with Crippen molar-refractivity contribution in [2.45, 2.75) is 75.5 Å². The fraction of sp³-hybridized carbons (Fsp3) is 0.514. The minimum absolute atomic E-state index is 0.0876. The van der Waals surface area contributed by atoms with E-state index in [9.17, 15) is 37.5 Å². The normalized spacial score (nSPS) is 22.1. The molecule has 5 rings (SSSR count). The van der Waals surface area contributed by atoms with Crippen LogP contribution in [0.15, 0.2) is 48.5 Å². The van der Waals surface area contributed by atoms with Gasteiger partial charge in [0, 0.05) is 19.5 Å². The molecule has 272 valence electrons. The van der Waals surface area contributed by atoms with Gasteiger partial charge in [-0.05, 0) is 53.5 Å². The van der Waals surface area contributed by atoms with Gasteiger partial charge < -0.3 is 25.2 Å². The lowest BCUT2D eigenvalue weighted by Crippen LogP contribution is -2.56. The Hall–Kier alpha value is -3.95. The van der Waals surface area contributed by atoms with Crippen LogP contribution in [0.4, 0.5) is 13.2 Å². The molecule has 15 heteroatoms. The number of nitrogens with zero attached hydrogens (tertiary/aromatic N) is 2. The summed E-state index contributed by atoms with van der Waals surface area (Å²) in [5.41, 5.74) is 3.90. The van der Waals surface area contributed by atoms with Crippen LogP contribution in [0.3, 0.4) is 0 Å². The SMILES string of the molecule is CC[C@H](C)[C@H](SC(=O)CN1CCOCC1)C(=O)N[C@H]1Cc2ccc(-c3ccccc3)cc2[C@H]2CCC[C@@H](C(=O)O)N2C1=O.O=C(O)C(F)(F)F. The second-order valence-electron chi connectivity index (χ2n) is 12.6. The van der Waals surface area contributed by atoms with Gasteiger partial charge in [-0.25, -0.2) is 9.59 Å². The van der Waals surface area contributed by atoms with Crippen molar-refractivity contribution in [3.63, 3.8) is 0 Å². The summed E-state index contributed by atoms with van der Waals surface area (Å²) < 4.78 is 37.1. The minimum atomic E-state index is -5.08. The number of amides is 2. The molecule has 3 aliphatic heterocycles. The average Bonchev–Trinajstić information content (AvgIpc) is 3.21. The van der Waals surface area contributed by atoms with Crippen molar-refractivity contribution in [2.24, 2.45) is 5.92 Å². The first kappa shape index (κ1) is 38.8. The summed E-state index contributed by atoms with van der Waals surface area (Å²) in [4.78, 5) is 65.8. The van der Waals surface area contributed by atoms with E-state index in [4.69, 9.17) is 14.6 Å². The van der Waals surface area contributed by atoms with Gasteiger partial charge in [0.15, 0.2) is 0 Å². The van der Waals surface area contributed by atoms with Crippen molar-refractivity contribution in [2.75, 3.05) is 32.8 Å². The van der Waals surface area contributed by atoms with Gasteiger partial charge in [0.25, 0.3) is 0 Å². The van der Waals surface area contributed by atoms with Gasteiger partial charge in [-0.2, -0.15) is 13.2 Å². The summed E-state index contributed by atoms with van der Waals surface area (Å²) in [6.07, 6.45) is -2.42. The second-order valence-corrected chi connectivity index (χ2v) is 13.8. The van der Waals surface area contributed by atoms with E-state index >= 15 is 0 Å². The average molecular weight is 722 g/mol. The van der Waals surface area contributed by atoms with Crippen LogP contribution >= 0.6 is 11.8 Å². The van der Waals surface area contributed by atoms with Crippen LogP contribution in [0.25, 0.3) is 11.1 Å². The molecule has 11 nitrogen and oxygen atoms in total. The minimum Gasteiger partial charge on any atom is -0.480 e. The standard InChI is InChI=1S/C33H41N3O6S.C2HF3O2/c1-3-21(2)30(43-29(37)20-35-14-16-42-17-15-35)31(38)34-26-19-24-13-12-23(22-8-5-4-6-9-22)18-25(24)27-10-7-11-28(33(40)41)36(27)32(26)39;3-2(4,5)1(6)7/h4-6,8-9,12-13,18,21,26-28,30H,3,7,10-11,14-17,19-20H2,1-2H3,(H,34,38)(H,40,41);(H,6,7)/t21-,26-,27+,28-,30-;/m0./s1. The molecule has 0 spiro atoms. The number of morpholine rings is 1. The van der Waals surface area contributed by atoms with Crippen molar-refractivity contribution in [1.29, 1.82) is 0 Å². The predicted octanol–water partition coefficient (Wildman–Crippen LogP) is 4.54. The van der Waals surface area contributed by atoms with Gasteiger partial charge in [-0.15, -0.1) is 0 Å². The summed E-state index contributed by atoms with van der Waals surface area (Å²) in [5.74, 6) is -4.64. The largest absolute Gasteiger partial charge is 0.490 e. The van der Waals surface area contributed by atoms with Crippen LogP contribution in [-0.4, -0.2) is 105 Å². The lowest BCUT2D eigenvalue weighted by molar-refractivity contribution is -0.192. The highest BCUT2D eigenvalue weighted by Gasteiger charge is 2.45. The highest BCUT2D eigenvalue weighted by Crippen LogP contribution is 2.41. The maximum atomic E-state index is 14.2. The number of carbonyl (C=O) groups is 5. The summed E-state index contributed by atoms with van der Waals surface area (Å²) in [5, 5.41) is 19.5. The van der Waals surface area contributed by atoms with E-state index in [-0.39, 0.29) is 35.8 Å².